The van der Waals surface area contributed by atoms with E-state index in [4.69, 9.17) is 4.74 Å². The molecule has 0 spiro atoms. The Bertz CT molecular complexity index is 993. The molecule has 3 amide bonds. The first-order valence-electron chi connectivity index (χ1n) is 9.71. The van der Waals surface area contributed by atoms with E-state index < -0.39 is 36.3 Å². The quantitative estimate of drug-likeness (QED) is 0.586. The molecule has 3 rings (SSSR count). The van der Waals surface area contributed by atoms with E-state index in [2.05, 4.69) is 5.32 Å². The van der Waals surface area contributed by atoms with Crippen LogP contribution in [0.3, 0.4) is 0 Å². The summed E-state index contributed by atoms with van der Waals surface area (Å²) in [4.78, 5) is 51.3. The molecule has 7 nitrogen and oxygen atoms in total. The number of hydrogen-bond acceptors (Lipinski definition) is 5. The minimum absolute atomic E-state index is 0.258. The first-order chi connectivity index (χ1) is 14.2. The van der Waals surface area contributed by atoms with Gasteiger partial charge in [-0.15, -0.1) is 0 Å². The van der Waals surface area contributed by atoms with Crippen molar-refractivity contribution < 1.29 is 23.9 Å². The minimum Gasteiger partial charge on any atom is -0.454 e. The number of nitrogens with one attached hydrogen (secondary N) is 1. The van der Waals surface area contributed by atoms with Crippen LogP contribution >= 0.6 is 0 Å². The zero-order valence-corrected chi connectivity index (χ0v) is 17.4. The molecule has 0 saturated heterocycles. The zero-order valence-electron chi connectivity index (χ0n) is 17.4. The summed E-state index contributed by atoms with van der Waals surface area (Å²) < 4.78 is 5.17. The molecule has 30 heavy (non-hydrogen) atoms. The maximum Gasteiger partial charge on any atom is 0.330 e. The summed E-state index contributed by atoms with van der Waals surface area (Å²) >= 11 is 0. The first-order valence-corrected chi connectivity index (χ1v) is 9.71. The number of nitrogens with zero attached hydrogens (tertiary/aromatic N) is 1. The lowest BCUT2D eigenvalue weighted by atomic mass is 10.0. The third-order valence-electron chi connectivity index (χ3n) is 4.98. The van der Waals surface area contributed by atoms with Gasteiger partial charge in [0.25, 0.3) is 17.7 Å². The summed E-state index contributed by atoms with van der Waals surface area (Å²) in [5, 5.41) is 2.70. The van der Waals surface area contributed by atoms with E-state index in [9.17, 15) is 19.2 Å². The van der Waals surface area contributed by atoms with Crippen molar-refractivity contribution in [3.05, 3.63) is 64.7 Å². The average molecular weight is 408 g/mol. The van der Waals surface area contributed by atoms with Gasteiger partial charge in [-0.3, -0.25) is 19.3 Å². The van der Waals surface area contributed by atoms with Crippen molar-refractivity contribution >= 4 is 29.4 Å². The summed E-state index contributed by atoms with van der Waals surface area (Å²) in [5.41, 5.74) is 3.10. The predicted molar refractivity (Wildman–Crippen MR) is 111 cm³/mol. The smallest absolute Gasteiger partial charge is 0.330 e. The van der Waals surface area contributed by atoms with Gasteiger partial charge < -0.3 is 10.1 Å². The Morgan fingerprint density at radius 1 is 1.00 bits per heavy atom. The molecule has 1 heterocycles. The van der Waals surface area contributed by atoms with Gasteiger partial charge in [0.1, 0.15) is 6.04 Å². The number of carbonyl (C=O) groups excluding carboxylic acids is 4. The number of fused-ring (bicyclic) bond motifs is 1. The van der Waals surface area contributed by atoms with Gasteiger partial charge in [0.2, 0.25) is 0 Å². The van der Waals surface area contributed by atoms with E-state index in [1.165, 1.54) is 0 Å². The number of aryl methyl sites for hydroxylation is 2. The molecule has 1 aliphatic rings. The lowest BCUT2D eigenvalue weighted by Crippen LogP contribution is -2.49. The van der Waals surface area contributed by atoms with E-state index in [0.29, 0.717) is 5.69 Å². The highest BCUT2D eigenvalue weighted by atomic mass is 16.5. The summed E-state index contributed by atoms with van der Waals surface area (Å²) in [6.45, 7) is 6.73. The molecule has 0 aliphatic carbocycles. The Balaban J connectivity index is 1.69. The number of hydrogen-bond donors (Lipinski definition) is 1. The number of rotatable bonds is 6. The van der Waals surface area contributed by atoms with Crippen LogP contribution in [0, 0.1) is 19.8 Å². The Morgan fingerprint density at radius 3 is 2.13 bits per heavy atom. The van der Waals surface area contributed by atoms with Crippen molar-refractivity contribution in [3.63, 3.8) is 0 Å². The second kappa shape index (κ2) is 8.49. The molecule has 156 valence electrons. The number of benzene rings is 2. The largest absolute Gasteiger partial charge is 0.454 e. The number of ether oxygens (including phenoxy) is 1. The van der Waals surface area contributed by atoms with Crippen molar-refractivity contribution in [1.29, 1.82) is 0 Å². The van der Waals surface area contributed by atoms with Crippen LogP contribution in [0.4, 0.5) is 5.69 Å². The molecule has 0 radical (unpaired) electrons. The molecule has 0 unspecified atom stereocenters. The number of amides is 3. The van der Waals surface area contributed by atoms with Gasteiger partial charge in [0.05, 0.1) is 11.1 Å². The highest BCUT2D eigenvalue weighted by Gasteiger charge is 2.44. The van der Waals surface area contributed by atoms with E-state index in [0.717, 1.165) is 16.0 Å². The standard InChI is InChI=1S/C23H24N2O5/c1-13(2)20(25-21(27)16-7-5-6-8-17(16)22(25)28)23(29)30-12-19(26)24-18-10-9-14(3)11-15(18)4/h5-11,13,20H,12H2,1-4H3,(H,24,26)/t20-/m0/s1. The summed E-state index contributed by atoms with van der Waals surface area (Å²) in [5.74, 6) is -2.76. The fourth-order valence-electron chi connectivity index (χ4n) is 3.50. The molecule has 7 heteroatoms. The molecule has 1 aliphatic heterocycles. The van der Waals surface area contributed by atoms with Gasteiger partial charge in [-0.25, -0.2) is 4.79 Å². The van der Waals surface area contributed by atoms with E-state index in [1.54, 1.807) is 44.2 Å². The molecule has 0 saturated carbocycles. The van der Waals surface area contributed by atoms with Crippen LogP contribution in [0.2, 0.25) is 0 Å². The lowest BCUT2D eigenvalue weighted by molar-refractivity contribution is -0.152. The van der Waals surface area contributed by atoms with Crippen LogP contribution in [0.1, 0.15) is 45.7 Å². The maximum atomic E-state index is 12.7. The van der Waals surface area contributed by atoms with Crippen LogP contribution in [0.15, 0.2) is 42.5 Å². The monoisotopic (exact) mass is 408 g/mol. The Kier molecular flexibility index (Phi) is 6.01. The molecular weight excluding hydrogens is 384 g/mol. The molecule has 1 N–H and O–H groups in total. The normalized spacial score (nSPS) is 14.0. The van der Waals surface area contributed by atoms with E-state index in [-0.39, 0.29) is 17.0 Å². The molecule has 0 bridgehead atoms. The van der Waals surface area contributed by atoms with Gasteiger partial charge in [0.15, 0.2) is 6.61 Å². The summed E-state index contributed by atoms with van der Waals surface area (Å²) in [6.07, 6.45) is 0. The Labute approximate surface area is 175 Å². The SMILES string of the molecule is Cc1ccc(NC(=O)COC(=O)[C@H](C(C)C)N2C(=O)c3ccccc3C2=O)c(C)c1. The van der Waals surface area contributed by atoms with Gasteiger partial charge in [-0.05, 0) is 43.5 Å². The van der Waals surface area contributed by atoms with Crippen LogP contribution in [-0.4, -0.2) is 41.2 Å². The van der Waals surface area contributed by atoms with Crippen molar-refractivity contribution in [2.75, 3.05) is 11.9 Å². The maximum absolute atomic E-state index is 12.7. The van der Waals surface area contributed by atoms with Crippen LogP contribution in [0.5, 0.6) is 0 Å². The van der Waals surface area contributed by atoms with Crippen molar-refractivity contribution in [2.45, 2.75) is 33.7 Å². The van der Waals surface area contributed by atoms with E-state index in [1.807, 2.05) is 26.0 Å². The van der Waals surface area contributed by atoms with Gasteiger partial charge in [-0.2, -0.15) is 0 Å². The second-order valence-electron chi connectivity index (χ2n) is 7.69. The lowest BCUT2D eigenvalue weighted by Gasteiger charge is -2.27. The molecule has 2 aromatic carbocycles. The van der Waals surface area contributed by atoms with Gasteiger partial charge in [0, 0.05) is 5.69 Å². The molecule has 2 aromatic rings. The average Bonchev–Trinajstić information content (AvgIpc) is 2.94. The third kappa shape index (κ3) is 4.10. The van der Waals surface area contributed by atoms with Crippen LogP contribution in [-0.2, 0) is 14.3 Å². The summed E-state index contributed by atoms with van der Waals surface area (Å²) in [6, 6.07) is 10.9. The zero-order chi connectivity index (χ0) is 22.0. The molecular formula is C23H24N2O5. The third-order valence-corrected chi connectivity index (χ3v) is 4.98. The number of imide groups is 1. The highest BCUT2D eigenvalue weighted by Crippen LogP contribution is 2.27. The fraction of sp³-hybridized carbons (Fsp3) is 0.304. The molecule has 0 aromatic heterocycles. The molecule has 0 fully saturated rings. The second-order valence-corrected chi connectivity index (χ2v) is 7.69. The van der Waals surface area contributed by atoms with Crippen LogP contribution < -0.4 is 5.32 Å². The topological polar surface area (TPSA) is 92.8 Å². The summed E-state index contributed by atoms with van der Waals surface area (Å²) in [7, 11) is 0. The highest BCUT2D eigenvalue weighted by molar-refractivity contribution is 6.22. The van der Waals surface area contributed by atoms with Crippen molar-refractivity contribution in [2.24, 2.45) is 5.92 Å². The van der Waals surface area contributed by atoms with Crippen molar-refractivity contribution in [1.82, 2.24) is 4.90 Å². The Hall–Kier alpha value is -3.48. The van der Waals surface area contributed by atoms with Gasteiger partial charge >= 0.3 is 5.97 Å². The van der Waals surface area contributed by atoms with E-state index >= 15 is 0 Å². The Morgan fingerprint density at radius 2 is 1.60 bits per heavy atom. The predicted octanol–water partition coefficient (Wildman–Crippen LogP) is 3.11. The number of carbonyl (C=O) groups is 4. The fourth-order valence-corrected chi connectivity index (χ4v) is 3.50. The number of anilines is 1. The van der Waals surface area contributed by atoms with Gasteiger partial charge in [-0.1, -0.05) is 43.7 Å². The van der Waals surface area contributed by atoms with Crippen molar-refractivity contribution in [3.8, 4) is 0 Å². The van der Waals surface area contributed by atoms with Crippen LogP contribution in [0.25, 0.3) is 0 Å². The number of esters is 1. The molecule has 1 atom stereocenters. The minimum atomic E-state index is -1.12. The first kappa shape index (κ1) is 21.2.